The van der Waals surface area contributed by atoms with Gasteiger partial charge < -0.3 is 24.8 Å². The van der Waals surface area contributed by atoms with Crippen LogP contribution in [-0.4, -0.2) is 44.2 Å². The van der Waals surface area contributed by atoms with E-state index >= 15 is 0 Å². The predicted octanol–water partition coefficient (Wildman–Crippen LogP) is 2.25. The van der Waals surface area contributed by atoms with E-state index in [2.05, 4.69) is 15.6 Å². The minimum atomic E-state index is -0.405. The normalized spacial score (nSPS) is 12.9. The molecule has 8 heteroatoms. The summed E-state index contributed by atoms with van der Waals surface area (Å²) in [4.78, 5) is 28.7. The summed E-state index contributed by atoms with van der Waals surface area (Å²) >= 11 is 0. The van der Waals surface area contributed by atoms with Gasteiger partial charge in [0.2, 0.25) is 5.75 Å². The van der Waals surface area contributed by atoms with Crippen LogP contribution in [0.3, 0.4) is 0 Å². The molecule has 142 valence electrons. The number of methoxy groups -OCH3 is 3. The molecule has 1 aromatic carbocycles. The largest absolute Gasteiger partial charge is 0.493 e. The zero-order valence-electron chi connectivity index (χ0n) is 15.4. The molecule has 1 fully saturated rings. The Bertz CT molecular complexity index is 839. The van der Waals surface area contributed by atoms with Crippen LogP contribution in [0.25, 0.3) is 0 Å². The zero-order chi connectivity index (χ0) is 19.4. The third-order valence-corrected chi connectivity index (χ3v) is 4.10. The first-order valence-electron chi connectivity index (χ1n) is 8.43. The molecule has 0 saturated heterocycles. The van der Waals surface area contributed by atoms with E-state index in [0.717, 1.165) is 12.8 Å². The molecule has 2 amide bonds. The molecule has 3 rings (SSSR count). The third-order valence-electron chi connectivity index (χ3n) is 4.10. The van der Waals surface area contributed by atoms with Gasteiger partial charge in [0.25, 0.3) is 11.8 Å². The monoisotopic (exact) mass is 371 g/mol. The van der Waals surface area contributed by atoms with Crippen molar-refractivity contribution in [1.29, 1.82) is 0 Å². The smallest absolute Gasteiger partial charge is 0.257 e. The molecule has 0 unspecified atom stereocenters. The van der Waals surface area contributed by atoms with E-state index in [9.17, 15) is 9.59 Å². The summed E-state index contributed by atoms with van der Waals surface area (Å²) in [6.45, 7) is 0. The minimum Gasteiger partial charge on any atom is -0.493 e. The first kappa shape index (κ1) is 18.5. The molecule has 1 aliphatic rings. The lowest BCUT2D eigenvalue weighted by molar-refractivity contribution is 0.0950. The number of nitrogens with zero attached hydrogens (tertiary/aromatic N) is 1. The van der Waals surface area contributed by atoms with Gasteiger partial charge in [0.1, 0.15) is 0 Å². The number of carbonyl (C=O) groups excluding carboxylic acids is 2. The van der Waals surface area contributed by atoms with Crippen molar-refractivity contribution in [3.63, 3.8) is 0 Å². The first-order valence-corrected chi connectivity index (χ1v) is 8.43. The number of carbonyl (C=O) groups is 2. The lowest BCUT2D eigenvalue weighted by Gasteiger charge is -2.14. The highest BCUT2D eigenvalue weighted by Crippen LogP contribution is 2.40. The van der Waals surface area contributed by atoms with Crippen molar-refractivity contribution in [3.8, 4) is 17.2 Å². The van der Waals surface area contributed by atoms with Crippen molar-refractivity contribution in [2.75, 3.05) is 26.6 Å². The molecular weight excluding hydrogens is 350 g/mol. The summed E-state index contributed by atoms with van der Waals surface area (Å²) in [6.07, 6.45) is 4.82. The van der Waals surface area contributed by atoms with Crippen molar-refractivity contribution in [1.82, 2.24) is 10.3 Å². The summed E-state index contributed by atoms with van der Waals surface area (Å²) in [5.41, 5.74) is 1.08. The van der Waals surface area contributed by atoms with E-state index in [1.807, 2.05) is 0 Å². The number of amides is 2. The number of hydrogen-bond acceptors (Lipinski definition) is 6. The Kier molecular flexibility index (Phi) is 5.44. The van der Waals surface area contributed by atoms with Crippen LogP contribution in [0.1, 0.15) is 33.6 Å². The molecule has 27 heavy (non-hydrogen) atoms. The van der Waals surface area contributed by atoms with Crippen LogP contribution in [0.15, 0.2) is 30.6 Å². The molecule has 8 nitrogen and oxygen atoms in total. The Morgan fingerprint density at radius 3 is 2.04 bits per heavy atom. The Labute approximate surface area is 156 Å². The van der Waals surface area contributed by atoms with Crippen LogP contribution < -0.4 is 24.8 Å². The number of rotatable bonds is 7. The number of pyridine rings is 1. The maximum atomic E-state index is 12.6. The summed E-state index contributed by atoms with van der Waals surface area (Å²) in [5.74, 6) is 0.634. The average molecular weight is 371 g/mol. The topological polar surface area (TPSA) is 98.8 Å². The van der Waals surface area contributed by atoms with Gasteiger partial charge in [-0.2, -0.15) is 0 Å². The number of hydrogen-bond donors (Lipinski definition) is 2. The third kappa shape index (κ3) is 4.28. The SMILES string of the molecule is COc1cc(NC(=O)c2cncc(C(=O)NC3CC3)c2)cc(OC)c1OC. The lowest BCUT2D eigenvalue weighted by atomic mass is 10.1. The molecule has 0 bridgehead atoms. The van der Waals surface area contributed by atoms with Crippen LogP contribution in [0.2, 0.25) is 0 Å². The van der Waals surface area contributed by atoms with E-state index < -0.39 is 5.91 Å². The van der Waals surface area contributed by atoms with Gasteiger partial charge in [0, 0.05) is 36.3 Å². The van der Waals surface area contributed by atoms with Gasteiger partial charge in [0.05, 0.1) is 32.5 Å². The fourth-order valence-electron chi connectivity index (χ4n) is 2.54. The lowest BCUT2D eigenvalue weighted by Crippen LogP contribution is -2.26. The number of ether oxygens (including phenoxy) is 3. The van der Waals surface area contributed by atoms with E-state index in [1.165, 1.54) is 39.8 Å². The Balaban J connectivity index is 1.79. The van der Waals surface area contributed by atoms with Gasteiger partial charge in [-0.05, 0) is 18.9 Å². The number of nitrogens with one attached hydrogen (secondary N) is 2. The number of aromatic nitrogens is 1. The molecule has 1 aliphatic carbocycles. The van der Waals surface area contributed by atoms with Crippen molar-refractivity contribution in [2.24, 2.45) is 0 Å². The standard InChI is InChI=1S/C19H21N3O5/c1-25-15-7-14(8-16(26-2)17(15)27-3)22-19(24)12-6-11(9-20-10-12)18(23)21-13-4-5-13/h6-10,13H,4-5H2,1-3H3,(H,21,23)(H,22,24). The summed E-state index contributed by atoms with van der Waals surface area (Å²) in [6, 6.07) is 4.99. The molecule has 0 radical (unpaired) electrons. The maximum Gasteiger partial charge on any atom is 0.257 e. The second-order valence-corrected chi connectivity index (χ2v) is 6.08. The van der Waals surface area contributed by atoms with Gasteiger partial charge in [-0.1, -0.05) is 0 Å². The molecule has 2 aromatic rings. The average Bonchev–Trinajstić information content (AvgIpc) is 3.51. The summed E-state index contributed by atoms with van der Waals surface area (Å²) in [7, 11) is 4.49. The Morgan fingerprint density at radius 2 is 1.52 bits per heavy atom. The second-order valence-electron chi connectivity index (χ2n) is 6.08. The minimum absolute atomic E-state index is 0.229. The predicted molar refractivity (Wildman–Crippen MR) is 98.8 cm³/mol. The Morgan fingerprint density at radius 1 is 0.926 bits per heavy atom. The van der Waals surface area contributed by atoms with Crippen LogP contribution in [0.5, 0.6) is 17.2 Å². The van der Waals surface area contributed by atoms with Crippen LogP contribution >= 0.6 is 0 Å². The zero-order valence-corrected chi connectivity index (χ0v) is 15.4. The van der Waals surface area contributed by atoms with Crippen molar-refractivity contribution in [2.45, 2.75) is 18.9 Å². The van der Waals surface area contributed by atoms with Crippen LogP contribution in [-0.2, 0) is 0 Å². The number of anilines is 1. The van der Waals surface area contributed by atoms with Gasteiger partial charge in [-0.25, -0.2) is 0 Å². The molecular formula is C19H21N3O5. The fraction of sp³-hybridized carbons (Fsp3) is 0.316. The molecule has 0 aliphatic heterocycles. The molecule has 0 atom stereocenters. The van der Waals surface area contributed by atoms with Gasteiger partial charge in [-0.3, -0.25) is 14.6 Å². The molecule has 2 N–H and O–H groups in total. The summed E-state index contributed by atoms with van der Waals surface area (Å²) < 4.78 is 15.8. The van der Waals surface area contributed by atoms with Crippen LogP contribution in [0, 0.1) is 0 Å². The molecule has 0 spiro atoms. The number of benzene rings is 1. The molecule has 1 saturated carbocycles. The van der Waals surface area contributed by atoms with Gasteiger partial charge >= 0.3 is 0 Å². The fourth-order valence-corrected chi connectivity index (χ4v) is 2.54. The highest BCUT2D eigenvalue weighted by atomic mass is 16.5. The van der Waals surface area contributed by atoms with Gasteiger partial charge in [-0.15, -0.1) is 0 Å². The Hall–Kier alpha value is -3.29. The second kappa shape index (κ2) is 7.94. The quantitative estimate of drug-likeness (QED) is 0.775. The van der Waals surface area contributed by atoms with Crippen molar-refractivity contribution >= 4 is 17.5 Å². The van der Waals surface area contributed by atoms with Gasteiger partial charge in [0.15, 0.2) is 11.5 Å². The van der Waals surface area contributed by atoms with Crippen molar-refractivity contribution < 1.29 is 23.8 Å². The van der Waals surface area contributed by atoms with E-state index in [0.29, 0.717) is 28.5 Å². The highest BCUT2D eigenvalue weighted by Gasteiger charge is 2.24. The van der Waals surface area contributed by atoms with E-state index in [1.54, 1.807) is 12.1 Å². The highest BCUT2D eigenvalue weighted by molar-refractivity contribution is 6.06. The van der Waals surface area contributed by atoms with E-state index in [4.69, 9.17) is 14.2 Å². The molecule has 1 heterocycles. The van der Waals surface area contributed by atoms with E-state index in [-0.39, 0.29) is 17.5 Å². The molecule has 1 aromatic heterocycles. The summed E-state index contributed by atoms with van der Waals surface area (Å²) in [5, 5.41) is 5.62. The maximum absolute atomic E-state index is 12.6. The first-order chi connectivity index (χ1) is 13.0. The van der Waals surface area contributed by atoms with Crippen molar-refractivity contribution in [3.05, 3.63) is 41.7 Å². The van der Waals surface area contributed by atoms with Crippen LogP contribution in [0.4, 0.5) is 5.69 Å².